The Kier molecular flexibility index (Phi) is 9.01. The minimum absolute atomic E-state index is 0.0521. The van der Waals surface area contributed by atoms with Crippen molar-refractivity contribution in [3.05, 3.63) is 35.9 Å². The largest absolute Gasteiger partial charge is 0.481 e. The van der Waals surface area contributed by atoms with E-state index in [4.69, 9.17) is 20.3 Å². The zero-order valence-corrected chi connectivity index (χ0v) is 19.3. The van der Waals surface area contributed by atoms with Crippen LogP contribution in [0.5, 0.6) is 0 Å². The summed E-state index contributed by atoms with van der Waals surface area (Å²) < 4.78 is 11.0. The van der Waals surface area contributed by atoms with Crippen LogP contribution in [-0.4, -0.2) is 89.1 Å². The zero-order valence-electron chi connectivity index (χ0n) is 19.3. The predicted octanol–water partition coefficient (Wildman–Crippen LogP) is -0.150. The number of nitrogens with two attached hydrogens (primary N) is 1. The minimum Gasteiger partial charge on any atom is -0.481 e. The Hall–Kier alpha value is -3.67. The fraction of sp³-hybridized carbons (Fsp3) is 0.522. The van der Waals surface area contributed by atoms with Gasteiger partial charge in [0.1, 0.15) is 18.7 Å². The van der Waals surface area contributed by atoms with Crippen LogP contribution in [0.1, 0.15) is 31.2 Å². The molecule has 2 fully saturated rings. The van der Waals surface area contributed by atoms with E-state index in [-0.39, 0.29) is 39.1 Å². The maximum Gasteiger partial charge on any atom is 0.410 e. The van der Waals surface area contributed by atoms with Gasteiger partial charge in [-0.3, -0.25) is 24.1 Å². The van der Waals surface area contributed by atoms with Crippen molar-refractivity contribution in [1.29, 1.82) is 0 Å². The van der Waals surface area contributed by atoms with Crippen LogP contribution < -0.4 is 11.1 Å². The van der Waals surface area contributed by atoms with Gasteiger partial charge >= 0.3 is 12.1 Å². The van der Waals surface area contributed by atoms with Crippen LogP contribution in [0.4, 0.5) is 4.79 Å². The number of nitrogens with one attached hydrogen (secondary N) is 1. The van der Waals surface area contributed by atoms with Gasteiger partial charge in [-0.05, 0) is 18.4 Å². The van der Waals surface area contributed by atoms with Gasteiger partial charge in [-0.2, -0.15) is 0 Å². The number of nitrogens with zero attached hydrogens (tertiary/aromatic N) is 2. The minimum atomic E-state index is -1.03. The molecule has 190 valence electrons. The molecule has 1 unspecified atom stereocenters. The quantitative estimate of drug-likeness (QED) is 0.407. The maximum atomic E-state index is 13.5. The van der Waals surface area contributed by atoms with Gasteiger partial charge in [0.2, 0.25) is 17.7 Å². The molecular formula is C23H30N4O8. The first-order valence-electron chi connectivity index (χ1n) is 11.4. The number of hydrogen-bond donors (Lipinski definition) is 3. The number of aliphatic carboxylic acids is 1. The van der Waals surface area contributed by atoms with Gasteiger partial charge in [-0.1, -0.05) is 30.3 Å². The molecule has 35 heavy (non-hydrogen) atoms. The number of carboxylic acids is 1. The van der Waals surface area contributed by atoms with Crippen LogP contribution in [0, 0.1) is 0 Å². The molecule has 1 aromatic carbocycles. The highest BCUT2D eigenvalue weighted by Crippen LogP contribution is 2.27. The molecule has 12 heteroatoms. The lowest BCUT2D eigenvalue weighted by Gasteiger charge is -2.30. The Balaban J connectivity index is 1.67. The van der Waals surface area contributed by atoms with Gasteiger partial charge in [-0.25, -0.2) is 4.79 Å². The Labute approximate surface area is 202 Å². The van der Waals surface area contributed by atoms with Crippen LogP contribution in [0.3, 0.4) is 0 Å². The number of amides is 4. The Bertz CT molecular complexity index is 941. The van der Waals surface area contributed by atoms with Crippen molar-refractivity contribution in [2.45, 2.75) is 50.5 Å². The predicted molar refractivity (Wildman–Crippen MR) is 121 cm³/mol. The van der Waals surface area contributed by atoms with E-state index < -0.39 is 48.0 Å². The highest BCUT2D eigenvalue weighted by atomic mass is 16.6. The number of primary amides is 1. The third kappa shape index (κ3) is 7.15. The summed E-state index contributed by atoms with van der Waals surface area (Å²) in [5.41, 5.74) is 5.92. The van der Waals surface area contributed by atoms with E-state index in [1.807, 2.05) is 30.3 Å². The number of carbonyl (C=O) groups excluding carboxylic acids is 4. The molecular weight excluding hydrogens is 460 g/mol. The number of carbonyl (C=O) groups is 5. The molecule has 0 radical (unpaired) electrons. The number of rotatable bonds is 10. The average molecular weight is 491 g/mol. The summed E-state index contributed by atoms with van der Waals surface area (Å²) in [5, 5.41) is 11.2. The molecule has 1 aromatic rings. The van der Waals surface area contributed by atoms with Crippen molar-refractivity contribution >= 4 is 29.8 Å². The van der Waals surface area contributed by atoms with E-state index in [0.717, 1.165) is 5.56 Å². The lowest BCUT2D eigenvalue weighted by molar-refractivity contribution is -0.142. The summed E-state index contributed by atoms with van der Waals surface area (Å²) in [6.45, 7) is 0.00614. The summed E-state index contributed by atoms with van der Waals surface area (Å²) in [5.74, 6) is -2.76. The fourth-order valence-corrected chi connectivity index (χ4v) is 4.25. The van der Waals surface area contributed by atoms with E-state index in [0.29, 0.717) is 19.4 Å². The van der Waals surface area contributed by atoms with Crippen LogP contribution in [-0.2, 0) is 35.3 Å². The second kappa shape index (κ2) is 12.2. The Morgan fingerprint density at radius 3 is 2.51 bits per heavy atom. The topological polar surface area (TPSA) is 169 Å². The van der Waals surface area contributed by atoms with Crippen LogP contribution >= 0.6 is 0 Å². The summed E-state index contributed by atoms with van der Waals surface area (Å²) in [6.07, 6.45) is -0.263. The first-order chi connectivity index (χ1) is 16.8. The first kappa shape index (κ1) is 25.9. The lowest BCUT2D eigenvalue weighted by atomic mass is 10.1. The van der Waals surface area contributed by atoms with Gasteiger partial charge in [0.25, 0.3) is 0 Å². The third-order valence-corrected chi connectivity index (χ3v) is 5.93. The standard InChI is InChI=1S/C23H30N4O8/c24-19(28)12-25-21(31)18-11-16(34-10-8-20(29)30)13-27(18)22(32)17-7-4-9-26(17)23(33)35-14-15-5-2-1-3-6-15/h1-3,5-6,16-18H,4,7-14H2,(H2,24,28)(H,25,31)(H,29,30)/t16?,17-,18-/m0/s1. The van der Waals surface area contributed by atoms with Crippen molar-refractivity contribution in [1.82, 2.24) is 15.1 Å². The molecule has 0 saturated carbocycles. The average Bonchev–Trinajstić information content (AvgIpc) is 3.49. The summed E-state index contributed by atoms with van der Waals surface area (Å²) in [7, 11) is 0. The third-order valence-electron chi connectivity index (χ3n) is 5.93. The summed E-state index contributed by atoms with van der Waals surface area (Å²) in [6, 6.07) is 7.41. The van der Waals surface area contributed by atoms with Crippen molar-refractivity contribution in [2.75, 3.05) is 26.2 Å². The van der Waals surface area contributed by atoms with Gasteiger partial charge < -0.3 is 30.5 Å². The van der Waals surface area contributed by atoms with E-state index in [1.54, 1.807) is 0 Å². The molecule has 2 aliphatic heterocycles. The fourth-order valence-electron chi connectivity index (χ4n) is 4.25. The highest BCUT2D eigenvalue weighted by molar-refractivity contribution is 5.93. The molecule has 2 saturated heterocycles. The molecule has 0 bridgehead atoms. The van der Waals surface area contributed by atoms with Crippen LogP contribution in [0.2, 0.25) is 0 Å². The van der Waals surface area contributed by atoms with E-state index in [2.05, 4.69) is 5.32 Å². The summed E-state index contributed by atoms with van der Waals surface area (Å²) in [4.78, 5) is 63.5. The molecule has 3 atom stereocenters. The second-order valence-electron chi connectivity index (χ2n) is 8.45. The number of carboxylic acid groups (broad SMARTS) is 1. The van der Waals surface area contributed by atoms with Crippen molar-refractivity contribution in [3.8, 4) is 0 Å². The Morgan fingerprint density at radius 1 is 1.09 bits per heavy atom. The van der Waals surface area contributed by atoms with Gasteiger partial charge in [0.15, 0.2) is 0 Å². The molecule has 0 aliphatic carbocycles. The normalized spacial score (nSPS) is 21.5. The highest BCUT2D eigenvalue weighted by Gasteiger charge is 2.45. The zero-order chi connectivity index (χ0) is 25.4. The number of benzene rings is 1. The molecule has 0 aromatic heterocycles. The molecule has 4 N–H and O–H groups in total. The van der Waals surface area contributed by atoms with E-state index in [9.17, 15) is 24.0 Å². The smallest absolute Gasteiger partial charge is 0.410 e. The van der Waals surface area contributed by atoms with E-state index in [1.165, 1.54) is 9.80 Å². The van der Waals surface area contributed by atoms with E-state index >= 15 is 0 Å². The monoisotopic (exact) mass is 490 g/mol. The Morgan fingerprint density at radius 2 is 1.83 bits per heavy atom. The molecule has 4 amide bonds. The SMILES string of the molecule is NC(=O)CNC(=O)[C@@H]1CC(OCCC(=O)O)CN1C(=O)[C@@H]1CCCN1C(=O)OCc1ccccc1. The van der Waals surface area contributed by atoms with Gasteiger partial charge in [-0.15, -0.1) is 0 Å². The molecule has 3 rings (SSSR count). The molecule has 12 nitrogen and oxygen atoms in total. The maximum absolute atomic E-state index is 13.5. The number of ether oxygens (including phenoxy) is 2. The van der Waals surface area contributed by atoms with Gasteiger partial charge in [0.05, 0.1) is 25.7 Å². The van der Waals surface area contributed by atoms with Crippen molar-refractivity contribution in [3.63, 3.8) is 0 Å². The number of hydrogen-bond acceptors (Lipinski definition) is 7. The number of likely N-dealkylation sites (tertiary alicyclic amines) is 2. The summed E-state index contributed by atoms with van der Waals surface area (Å²) >= 11 is 0. The lowest BCUT2D eigenvalue weighted by Crippen LogP contribution is -2.53. The molecule has 2 heterocycles. The second-order valence-corrected chi connectivity index (χ2v) is 8.45. The molecule has 0 spiro atoms. The molecule has 2 aliphatic rings. The van der Waals surface area contributed by atoms with Crippen molar-refractivity contribution in [2.24, 2.45) is 5.73 Å². The van der Waals surface area contributed by atoms with Gasteiger partial charge in [0, 0.05) is 19.5 Å². The first-order valence-corrected chi connectivity index (χ1v) is 11.4. The van der Waals surface area contributed by atoms with Crippen molar-refractivity contribution < 1.29 is 38.6 Å². The van der Waals surface area contributed by atoms with Crippen LogP contribution in [0.15, 0.2) is 30.3 Å². The van der Waals surface area contributed by atoms with Crippen LogP contribution in [0.25, 0.3) is 0 Å².